The van der Waals surface area contributed by atoms with E-state index in [1.54, 1.807) is 0 Å². The third-order valence-electron chi connectivity index (χ3n) is 3.03. The molecule has 0 N–H and O–H groups in total. The Kier molecular flexibility index (Phi) is 1.42. The fourth-order valence-electron chi connectivity index (χ4n) is 1.39. The Morgan fingerprint density at radius 3 is 2.11 bits per heavy atom. The van der Waals surface area contributed by atoms with Gasteiger partial charge in [-0.15, -0.1) is 0 Å². The van der Waals surface area contributed by atoms with Gasteiger partial charge in [0.2, 0.25) is 0 Å². The molecule has 0 saturated heterocycles. The first-order valence-corrected chi connectivity index (χ1v) is 3.75. The first-order valence-electron chi connectivity index (χ1n) is 3.75. The molecule has 0 heterocycles. The molecule has 1 aliphatic rings. The van der Waals surface area contributed by atoms with Crippen LogP contribution in [0.1, 0.15) is 33.6 Å². The maximum atomic E-state index is 4.03. The molecule has 0 aliphatic heterocycles. The Morgan fingerprint density at radius 1 is 1.56 bits per heavy atom. The fraction of sp³-hybridized carbons (Fsp3) is 0.778. The number of rotatable bonds is 1. The second kappa shape index (κ2) is 1.86. The predicted molar refractivity (Wildman–Crippen MR) is 41.3 cm³/mol. The van der Waals surface area contributed by atoms with Crippen molar-refractivity contribution in [3.05, 3.63) is 12.2 Å². The summed E-state index contributed by atoms with van der Waals surface area (Å²) in [6, 6.07) is 0. The van der Waals surface area contributed by atoms with Crippen LogP contribution in [0.3, 0.4) is 0 Å². The van der Waals surface area contributed by atoms with Gasteiger partial charge >= 0.3 is 0 Å². The quantitative estimate of drug-likeness (QED) is 0.471. The van der Waals surface area contributed by atoms with E-state index in [9.17, 15) is 0 Å². The summed E-state index contributed by atoms with van der Waals surface area (Å²) in [6.45, 7) is 10.9. The van der Waals surface area contributed by atoms with E-state index in [4.69, 9.17) is 0 Å². The molecule has 0 spiro atoms. The minimum Gasteiger partial charge on any atom is -0.0993 e. The Bertz CT molecular complexity index is 133. The van der Waals surface area contributed by atoms with Crippen molar-refractivity contribution in [1.82, 2.24) is 0 Å². The van der Waals surface area contributed by atoms with Crippen molar-refractivity contribution in [2.45, 2.75) is 33.6 Å². The molecular weight excluding hydrogens is 108 g/mol. The molecule has 0 nitrogen and oxygen atoms in total. The molecule has 1 unspecified atom stereocenters. The summed E-state index contributed by atoms with van der Waals surface area (Å²) in [5.41, 5.74) is 1.94. The van der Waals surface area contributed by atoms with Crippen LogP contribution in [0.5, 0.6) is 0 Å². The number of hydrogen-bond acceptors (Lipinski definition) is 0. The van der Waals surface area contributed by atoms with E-state index in [-0.39, 0.29) is 0 Å². The second-order valence-electron chi connectivity index (χ2n) is 3.68. The van der Waals surface area contributed by atoms with Crippen molar-refractivity contribution in [3.63, 3.8) is 0 Å². The molecule has 1 rings (SSSR count). The molecule has 9 heavy (non-hydrogen) atoms. The molecule has 0 amide bonds. The Hall–Kier alpha value is -0.260. The molecule has 0 bridgehead atoms. The van der Waals surface area contributed by atoms with Crippen LogP contribution in [0.2, 0.25) is 0 Å². The van der Waals surface area contributed by atoms with Crippen LogP contribution >= 0.6 is 0 Å². The SMILES string of the molecule is C=C1CCC1(C)C(C)C. The molecule has 1 aliphatic carbocycles. The van der Waals surface area contributed by atoms with E-state index in [1.807, 2.05) is 0 Å². The minimum absolute atomic E-state index is 0.486. The lowest BCUT2D eigenvalue weighted by Gasteiger charge is -2.44. The van der Waals surface area contributed by atoms with E-state index in [0.29, 0.717) is 5.41 Å². The van der Waals surface area contributed by atoms with Crippen molar-refractivity contribution in [1.29, 1.82) is 0 Å². The van der Waals surface area contributed by atoms with Gasteiger partial charge in [-0.25, -0.2) is 0 Å². The van der Waals surface area contributed by atoms with Gasteiger partial charge in [0.1, 0.15) is 0 Å². The lowest BCUT2D eigenvalue weighted by molar-refractivity contribution is 0.184. The molecule has 0 aromatic heterocycles. The molecular formula is C9H16. The Morgan fingerprint density at radius 2 is 2.11 bits per heavy atom. The third kappa shape index (κ3) is 0.810. The highest BCUT2D eigenvalue weighted by Gasteiger charge is 2.38. The van der Waals surface area contributed by atoms with Crippen LogP contribution in [0.15, 0.2) is 12.2 Å². The summed E-state index contributed by atoms with van der Waals surface area (Å²) in [4.78, 5) is 0. The average molecular weight is 124 g/mol. The predicted octanol–water partition coefficient (Wildman–Crippen LogP) is 3.00. The van der Waals surface area contributed by atoms with Crippen molar-refractivity contribution < 1.29 is 0 Å². The smallest absolute Gasteiger partial charge is 0.00930 e. The van der Waals surface area contributed by atoms with Crippen LogP contribution in [-0.4, -0.2) is 0 Å². The van der Waals surface area contributed by atoms with Crippen molar-refractivity contribution >= 4 is 0 Å². The topological polar surface area (TPSA) is 0 Å². The highest BCUT2D eigenvalue weighted by molar-refractivity contribution is 5.19. The summed E-state index contributed by atoms with van der Waals surface area (Å²) >= 11 is 0. The molecule has 0 heteroatoms. The van der Waals surface area contributed by atoms with Crippen LogP contribution in [-0.2, 0) is 0 Å². The molecule has 52 valence electrons. The molecule has 1 saturated carbocycles. The Balaban J connectivity index is 2.64. The van der Waals surface area contributed by atoms with E-state index in [1.165, 1.54) is 18.4 Å². The lowest BCUT2D eigenvalue weighted by Crippen LogP contribution is -2.33. The normalized spacial score (nSPS) is 34.9. The van der Waals surface area contributed by atoms with Gasteiger partial charge in [-0.05, 0) is 24.2 Å². The van der Waals surface area contributed by atoms with E-state index >= 15 is 0 Å². The first-order chi connectivity index (χ1) is 4.07. The van der Waals surface area contributed by atoms with Crippen molar-refractivity contribution in [2.24, 2.45) is 11.3 Å². The standard InChI is InChI=1S/C9H16/c1-7(2)9(4)6-5-8(9)3/h7H,3,5-6H2,1-2,4H3. The molecule has 0 radical (unpaired) electrons. The summed E-state index contributed by atoms with van der Waals surface area (Å²) in [5, 5.41) is 0. The van der Waals surface area contributed by atoms with Gasteiger partial charge in [0.25, 0.3) is 0 Å². The van der Waals surface area contributed by atoms with Crippen LogP contribution in [0.4, 0.5) is 0 Å². The molecule has 1 atom stereocenters. The maximum Gasteiger partial charge on any atom is -0.00930 e. The zero-order valence-corrected chi connectivity index (χ0v) is 6.70. The van der Waals surface area contributed by atoms with Gasteiger partial charge in [-0.2, -0.15) is 0 Å². The van der Waals surface area contributed by atoms with Gasteiger partial charge in [0, 0.05) is 0 Å². The summed E-state index contributed by atoms with van der Waals surface area (Å²) in [5.74, 6) is 0.777. The maximum absolute atomic E-state index is 4.03. The molecule has 0 aromatic rings. The third-order valence-corrected chi connectivity index (χ3v) is 3.03. The summed E-state index contributed by atoms with van der Waals surface area (Å²) in [6.07, 6.45) is 2.61. The molecule has 0 aromatic carbocycles. The largest absolute Gasteiger partial charge is 0.0993 e. The zero-order chi connectivity index (χ0) is 7.07. The van der Waals surface area contributed by atoms with Gasteiger partial charge in [-0.1, -0.05) is 32.9 Å². The summed E-state index contributed by atoms with van der Waals surface area (Å²) < 4.78 is 0. The van der Waals surface area contributed by atoms with Gasteiger partial charge in [0.15, 0.2) is 0 Å². The average Bonchev–Trinajstić information content (AvgIpc) is 1.82. The monoisotopic (exact) mass is 124 g/mol. The van der Waals surface area contributed by atoms with Gasteiger partial charge < -0.3 is 0 Å². The summed E-state index contributed by atoms with van der Waals surface area (Å²) in [7, 11) is 0. The second-order valence-corrected chi connectivity index (χ2v) is 3.68. The fourth-order valence-corrected chi connectivity index (χ4v) is 1.39. The van der Waals surface area contributed by atoms with Gasteiger partial charge in [0.05, 0.1) is 0 Å². The van der Waals surface area contributed by atoms with Crippen molar-refractivity contribution in [3.8, 4) is 0 Å². The number of allylic oxidation sites excluding steroid dienone is 1. The van der Waals surface area contributed by atoms with E-state index in [0.717, 1.165) is 5.92 Å². The minimum atomic E-state index is 0.486. The van der Waals surface area contributed by atoms with Crippen LogP contribution in [0.25, 0.3) is 0 Å². The van der Waals surface area contributed by atoms with Crippen molar-refractivity contribution in [2.75, 3.05) is 0 Å². The van der Waals surface area contributed by atoms with E-state index < -0.39 is 0 Å². The van der Waals surface area contributed by atoms with Crippen LogP contribution in [0, 0.1) is 11.3 Å². The lowest BCUT2D eigenvalue weighted by atomic mass is 9.60. The Labute approximate surface area is 58.0 Å². The van der Waals surface area contributed by atoms with Crippen LogP contribution < -0.4 is 0 Å². The molecule has 1 fully saturated rings. The van der Waals surface area contributed by atoms with Gasteiger partial charge in [-0.3, -0.25) is 0 Å². The highest BCUT2D eigenvalue weighted by Crippen LogP contribution is 2.49. The van der Waals surface area contributed by atoms with E-state index in [2.05, 4.69) is 27.4 Å². The highest BCUT2D eigenvalue weighted by atomic mass is 14.4. The number of hydrogen-bond donors (Lipinski definition) is 0. The zero-order valence-electron chi connectivity index (χ0n) is 6.70. The first kappa shape index (κ1) is 6.85.